The van der Waals surface area contributed by atoms with Crippen LogP contribution in [0.2, 0.25) is 0 Å². The van der Waals surface area contributed by atoms with Crippen molar-refractivity contribution < 1.29 is 24.2 Å². The van der Waals surface area contributed by atoms with E-state index in [2.05, 4.69) is 33.8 Å². The van der Waals surface area contributed by atoms with E-state index in [-0.39, 0.29) is 18.6 Å². The highest BCUT2D eigenvalue weighted by Crippen LogP contribution is 2.23. The number of rotatable bonds is 20. The van der Waals surface area contributed by atoms with Crippen LogP contribution in [-0.4, -0.2) is 53.5 Å². The first kappa shape index (κ1) is 35.8. The minimum atomic E-state index is -0.543. The van der Waals surface area contributed by atoms with Gasteiger partial charge < -0.3 is 25.2 Å². The number of carbonyl (C=O) groups excluding carboxylic acids is 2. The highest BCUT2D eigenvalue weighted by molar-refractivity contribution is 5.84. The van der Waals surface area contributed by atoms with Crippen molar-refractivity contribution in [1.82, 2.24) is 15.6 Å². The van der Waals surface area contributed by atoms with Crippen molar-refractivity contribution >= 4 is 22.8 Å². The fourth-order valence-electron chi connectivity index (χ4n) is 5.06. The predicted octanol–water partition coefficient (Wildman–Crippen LogP) is 7.30. The van der Waals surface area contributed by atoms with E-state index in [1.807, 2.05) is 57.3 Å². The van der Waals surface area contributed by atoms with E-state index in [1.165, 1.54) is 25.7 Å². The van der Waals surface area contributed by atoms with Crippen LogP contribution >= 0.6 is 0 Å². The first-order valence-electron chi connectivity index (χ1n) is 16.6. The van der Waals surface area contributed by atoms with Crippen LogP contribution in [-0.2, 0) is 22.4 Å². The smallest absolute Gasteiger partial charge is 0.407 e. The van der Waals surface area contributed by atoms with Gasteiger partial charge in [0.25, 0.3) is 0 Å². The van der Waals surface area contributed by atoms with E-state index < -0.39 is 11.7 Å². The topological polar surface area (TPSA) is 110 Å². The Kier molecular flexibility index (Phi) is 15.7. The lowest BCUT2D eigenvalue weighted by Crippen LogP contribution is -2.32. The molecule has 3 rings (SSSR count). The van der Waals surface area contributed by atoms with E-state index in [0.717, 1.165) is 66.3 Å². The number of aliphatic hydroxyl groups is 1. The lowest BCUT2D eigenvalue weighted by atomic mass is 10.0. The summed E-state index contributed by atoms with van der Waals surface area (Å²) in [5, 5.41) is 18.4. The van der Waals surface area contributed by atoms with E-state index >= 15 is 0 Å². The maximum absolute atomic E-state index is 12.4. The standard InChI is InChI=1S/C37H53N3O5/c1-37(2,3)45-36(43)40-24-11-9-7-5-4-6-8-10-23-39-35(42)21-16-29-14-17-32-26-34(20-18-31(32)25-29)44-28-33(41)19-15-30-13-12-22-38-27-30/h12-14,17-18,20,22,25-27,33,41H,4-11,15-16,19,21,23-24,28H2,1-3H3,(H,39,42)(H,40,43)/t33-/m1/s1. The van der Waals surface area contributed by atoms with Crippen molar-refractivity contribution in [1.29, 1.82) is 0 Å². The van der Waals surface area contributed by atoms with Gasteiger partial charge in [0.1, 0.15) is 18.0 Å². The van der Waals surface area contributed by atoms with Gasteiger partial charge in [-0.25, -0.2) is 4.79 Å². The highest BCUT2D eigenvalue weighted by Gasteiger charge is 2.15. The molecule has 8 heteroatoms. The molecule has 2 aromatic carbocycles. The van der Waals surface area contributed by atoms with E-state index in [9.17, 15) is 14.7 Å². The number of hydrogen-bond acceptors (Lipinski definition) is 6. The van der Waals surface area contributed by atoms with Gasteiger partial charge in [0, 0.05) is 31.9 Å². The molecule has 0 aliphatic heterocycles. The molecule has 0 unspecified atom stereocenters. The van der Waals surface area contributed by atoms with Gasteiger partial charge in [-0.05, 0) is 93.0 Å². The van der Waals surface area contributed by atoms with Crippen LogP contribution in [0.3, 0.4) is 0 Å². The van der Waals surface area contributed by atoms with Crippen LogP contribution in [0, 0.1) is 0 Å². The third kappa shape index (κ3) is 15.8. The quantitative estimate of drug-likeness (QED) is 0.115. The Bertz CT molecular complexity index is 1290. The van der Waals surface area contributed by atoms with Crippen LogP contribution < -0.4 is 15.4 Å². The number of fused-ring (bicyclic) bond motifs is 1. The minimum absolute atomic E-state index is 0.0981. The number of benzene rings is 2. The minimum Gasteiger partial charge on any atom is -0.491 e. The summed E-state index contributed by atoms with van der Waals surface area (Å²) < 4.78 is 11.1. The summed E-state index contributed by atoms with van der Waals surface area (Å²) in [5.41, 5.74) is 1.79. The maximum atomic E-state index is 12.4. The fourth-order valence-corrected chi connectivity index (χ4v) is 5.06. The molecule has 0 aliphatic carbocycles. The van der Waals surface area contributed by atoms with Gasteiger partial charge >= 0.3 is 6.09 Å². The van der Waals surface area contributed by atoms with Gasteiger partial charge in [-0.2, -0.15) is 0 Å². The van der Waals surface area contributed by atoms with Crippen LogP contribution in [0.25, 0.3) is 10.8 Å². The van der Waals surface area contributed by atoms with Crippen LogP contribution in [0.4, 0.5) is 4.79 Å². The normalized spacial score (nSPS) is 12.1. The van der Waals surface area contributed by atoms with Crippen LogP contribution in [0.1, 0.15) is 96.1 Å². The Morgan fingerprint density at radius 1 is 0.822 bits per heavy atom. The zero-order valence-electron chi connectivity index (χ0n) is 27.5. The molecule has 3 aromatic rings. The number of alkyl carbamates (subject to hydrolysis) is 1. The van der Waals surface area contributed by atoms with Gasteiger partial charge in [-0.15, -0.1) is 0 Å². The monoisotopic (exact) mass is 619 g/mol. The predicted molar refractivity (Wildman–Crippen MR) is 181 cm³/mol. The number of aliphatic hydroxyl groups excluding tert-OH is 1. The molecule has 0 saturated heterocycles. The number of nitrogens with zero attached hydrogens (tertiary/aromatic N) is 1. The largest absolute Gasteiger partial charge is 0.491 e. The molecule has 1 aromatic heterocycles. The Labute approximate surface area is 269 Å². The van der Waals surface area contributed by atoms with Gasteiger partial charge in [0.05, 0.1) is 6.10 Å². The molecule has 0 aliphatic rings. The van der Waals surface area contributed by atoms with Gasteiger partial charge in [-0.1, -0.05) is 68.9 Å². The van der Waals surface area contributed by atoms with Gasteiger partial charge in [0.15, 0.2) is 0 Å². The summed E-state index contributed by atoms with van der Waals surface area (Å²) in [6, 6.07) is 16.1. The fraction of sp³-hybridized carbons (Fsp3) is 0.541. The summed E-state index contributed by atoms with van der Waals surface area (Å²) in [5.74, 6) is 0.834. The molecule has 1 heterocycles. The maximum Gasteiger partial charge on any atom is 0.407 e. The molecule has 0 fully saturated rings. The third-order valence-corrected chi connectivity index (χ3v) is 7.54. The van der Waals surface area contributed by atoms with Crippen LogP contribution in [0.5, 0.6) is 5.75 Å². The summed E-state index contributed by atoms with van der Waals surface area (Å²) in [6.45, 7) is 7.23. The molecule has 2 amide bonds. The summed E-state index contributed by atoms with van der Waals surface area (Å²) >= 11 is 0. The summed E-state index contributed by atoms with van der Waals surface area (Å²) in [4.78, 5) is 28.1. The second-order valence-electron chi connectivity index (χ2n) is 12.8. The molecular formula is C37H53N3O5. The average molecular weight is 620 g/mol. The van der Waals surface area contributed by atoms with Crippen molar-refractivity contribution in [3.8, 4) is 5.75 Å². The molecule has 8 nitrogen and oxygen atoms in total. The molecule has 0 spiro atoms. The molecule has 45 heavy (non-hydrogen) atoms. The second kappa shape index (κ2) is 19.7. The lowest BCUT2D eigenvalue weighted by molar-refractivity contribution is -0.121. The summed E-state index contributed by atoms with van der Waals surface area (Å²) in [6.07, 6.45) is 14.2. The number of aryl methyl sites for hydroxylation is 2. The SMILES string of the molecule is CC(C)(C)OC(=O)NCCCCCCCCCCNC(=O)CCc1ccc2cc(OC[C@H](O)CCc3cccnc3)ccc2c1. The molecule has 246 valence electrons. The number of amides is 2. The Balaban J connectivity index is 1.20. The first-order chi connectivity index (χ1) is 21.7. The molecule has 3 N–H and O–H groups in total. The number of ether oxygens (including phenoxy) is 2. The number of hydrogen-bond donors (Lipinski definition) is 3. The van der Waals surface area contributed by atoms with Crippen molar-refractivity contribution in [2.24, 2.45) is 0 Å². The summed E-state index contributed by atoms with van der Waals surface area (Å²) in [7, 11) is 0. The Morgan fingerprint density at radius 2 is 1.49 bits per heavy atom. The number of carbonyl (C=O) groups is 2. The number of unbranched alkanes of at least 4 members (excludes halogenated alkanes) is 7. The molecule has 0 saturated carbocycles. The molecular weight excluding hydrogens is 566 g/mol. The first-order valence-corrected chi connectivity index (χ1v) is 16.6. The third-order valence-electron chi connectivity index (χ3n) is 7.54. The highest BCUT2D eigenvalue weighted by atomic mass is 16.6. The van der Waals surface area contributed by atoms with Gasteiger partial charge in [0.2, 0.25) is 5.91 Å². The zero-order valence-corrected chi connectivity index (χ0v) is 27.5. The molecule has 0 bridgehead atoms. The zero-order chi connectivity index (χ0) is 32.3. The Morgan fingerprint density at radius 3 is 2.18 bits per heavy atom. The Hall–Kier alpha value is -3.65. The average Bonchev–Trinajstić information content (AvgIpc) is 3.01. The second-order valence-corrected chi connectivity index (χ2v) is 12.8. The molecule has 1 atom stereocenters. The number of nitrogens with one attached hydrogen (secondary N) is 2. The van der Waals surface area contributed by atoms with Crippen LogP contribution in [0.15, 0.2) is 60.9 Å². The van der Waals surface area contributed by atoms with Crippen molar-refractivity contribution in [2.45, 2.75) is 110 Å². The molecule has 0 radical (unpaired) electrons. The number of pyridine rings is 1. The van der Waals surface area contributed by atoms with Crippen molar-refractivity contribution in [2.75, 3.05) is 19.7 Å². The van der Waals surface area contributed by atoms with E-state index in [4.69, 9.17) is 9.47 Å². The van der Waals surface area contributed by atoms with E-state index in [0.29, 0.717) is 25.8 Å². The van der Waals surface area contributed by atoms with Gasteiger partial charge in [-0.3, -0.25) is 9.78 Å². The van der Waals surface area contributed by atoms with Crippen molar-refractivity contribution in [3.63, 3.8) is 0 Å². The number of aromatic nitrogens is 1. The van der Waals surface area contributed by atoms with Crippen molar-refractivity contribution in [3.05, 3.63) is 72.1 Å². The lowest BCUT2D eigenvalue weighted by Gasteiger charge is -2.19. The van der Waals surface area contributed by atoms with E-state index in [1.54, 1.807) is 6.20 Å².